The summed E-state index contributed by atoms with van der Waals surface area (Å²) < 4.78 is 6.22. The van der Waals surface area contributed by atoms with Gasteiger partial charge in [-0.3, -0.25) is 0 Å². The van der Waals surface area contributed by atoms with Crippen molar-refractivity contribution in [3.8, 4) is 0 Å². The fraction of sp³-hybridized carbons (Fsp3) is 1.00. The van der Waals surface area contributed by atoms with Crippen molar-refractivity contribution in [2.24, 2.45) is 11.8 Å². The normalized spacial score (nSPS) is 32.9. The largest absolute Gasteiger partial charge is 0.393 e. The van der Waals surface area contributed by atoms with E-state index in [0.29, 0.717) is 12.0 Å². The Kier molecular flexibility index (Phi) is 8.10. The number of hydrogen-bond acceptors (Lipinski definition) is 2. The number of fused-ring (bicyclic) bond motifs is 1. The van der Waals surface area contributed by atoms with Crippen LogP contribution in [0.3, 0.4) is 0 Å². The van der Waals surface area contributed by atoms with Gasteiger partial charge in [0.15, 0.2) is 0 Å². The highest BCUT2D eigenvalue weighted by Gasteiger charge is 2.37. The third kappa shape index (κ3) is 5.90. The van der Waals surface area contributed by atoms with Crippen molar-refractivity contribution in [2.45, 2.75) is 103 Å². The van der Waals surface area contributed by atoms with Crippen molar-refractivity contribution in [1.82, 2.24) is 0 Å². The second-order valence-electron chi connectivity index (χ2n) is 7.35. The minimum atomic E-state index is -0.0611. The van der Waals surface area contributed by atoms with Crippen LogP contribution in [0, 0.1) is 11.8 Å². The SMILES string of the molecule is CCCCCCCCCOC1CCCC2CCC(O)CC21. The third-order valence-electron chi connectivity index (χ3n) is 5.64. The highest BCUT2D eigenvalue weighted by atomic mass is 16.5. The van der Waals surface area contributed by atoms with Crippen molar-refractivity contribution >= 4 is 0 Å². The summed E-state index contributed by atoms with van der Waals surface area (Å²) in [5.74, 6) is 1.48. The van der Waals surface area contributed by atoms with E-state index < -0.39 is 0 Å². The molecule has 0 aliphatic heterocycles. The molecule has 0 amide bonds. The summed E-state index contributed by atoms with van der Waals surface area (Å²) in [6.07, 6.45) is 17.0. The van der Waals surface area contributed by atoms with Gasteiger partial charge in [-0.05, 0) is 50.4 Å². The van der Waals surface area contributed by atoms with Gasteiger partial charge in [0.2, 0.25) is 0 Å². The van der Waals surface area contributed by atoms with Crippen LogP contribution in [0.15, 0.2) is 0 Å². The molecule has 0 aromatic carbocycles. The molecule has 2 nitrogen and oxygen atoms in total. The molecule has 4 atom stereocenters. The first-order chi connectivity index (χ1) is 10.3. The van der Waals surface area contributed by atoms with E-state index in [1.807, 2.05) is 0 Å². The Morgan fingerprint density at radius 1 is 0.905 bits per heavy atom. The Morgan fingerprint density at radius 3 is 2.48 bits per heavy atom. The Bertz CT molecular complexity index is 266. The Morgan fingerprint density at radius 2 is 1.67 bits per heavy atom. The van der Waals surface area contributed by atoms with E-state index in [2.05, 4.69) is 6.92 Å². The molecule has 0 radical (unpaired) electrons. The number of rotatable bonds is 9. The first-order valence-corrected chi connectivity index (χ1v) is 9.61. The van der Waals surface area contributed by atoms with Crippen LogP contribution in [0.1, 0.15) is 90.4 Å². The highest BCUT2D eigenvalue weighted by molar-refractivity contribution is 4.88. The lowest BCUT2D eigenvalue weighted by atomic mass is 9.68. The van der Waals surface area contributed by atoms with E-state index >= 15 is 0 Å². The van der Waals surface area contributed by atoms with Gasteiger partial charge in [-0.15, -0.1) is 0 Å². The molecule has 0 aromatic rings. The molecular formula is C19H36O2. The lowest BCUT2D eigenvalue weighted by Crippen LogP contribution is -2.40. The average Bonchev–Trinajstić information content (AvgIpc) is 2.50. The zero-order chi connectivity index (χ0) is 14.9. The molecule has 1 N–H and O–H groups in total. The molecule has 0 aromatic heterocycles. The maximum atomic E-state index is 9.92. The monoisotopic (exact) mass is 296 g/mol. The first-order valence-electron chi connectivity index (χ1n) is 9.61. The van der Waals surface area contributed by atoms with Crippen LogP contribution in [-0.4, -0.2) is 23.9 Å². The second-order valence-corrected chi connectivity index (χ2v) is 7.35. The number of unbranched alkanes of at least 4 members (excludes halogenated alkanes) is 6. The molecular weight excluding hydrogens is 260 g/mol. The molecule has 2 aliphatic carbocycles. The van der Waals surface area contributed by atoms with Crippen LogP contribution >= 0.6 is 0 Å². The van der Waals surface area contributed by atoms with E-state index in [-0.39, 0.29) is 6.10 Å². The molecule has 4 unspecified atom stereocenters. The molecule has 21 heavy (non-hydrogen) atoms. The lowest BCUT2D eigenvalue weighted by molar-refractivity contribution is -0.0701. The number of hydrogen-bond donors (Lipinski definition) is 1. The molecule has 0 bridgehead atoms. The zero-order valence-corrected chi connectivity index (χ0v) is 14.1. The quantitative estimate of drug-likeness (QED) is 0.601. The van der Waals surface area contributed by atoms with Gasteiger partial charge in [0.05, 0.1) is 12.2 Å². The molecule has 2 aliphatic rings. The number of aliphatic hydroxyl groups is 1. The summed E-state index contributed by atoms with van der Waals surface area (Å²) in [5.41, 5.74) is 0. The molecule has 0 saturated heterocycles. The third-order valence-corrected chi connectivity index (χ3v) is 5.64. The van der Waals surface area contributed by atoms with E-state index in [1.165, 1.54) is 70.6 Å². The van der Waals surface area contributed by atoms with Gasteiger partial charge in [-0.25, -0.2) is 0 Å². The molecule has 0 spiro atoms. The summed E-state index contributed by atoms with van der Waals surface area (Å²) in [6.45, 7) is 3.21. The van der Waals surface area contributed by atoms with Crippen molar-refractivity contribution < 1.29 is 9.84 Å². The van der Waals surface area contributed by atoms with E-state index in [9.17, 15) is 5.11 Å². The molecule has 2 heteroatoms. The van der Waals surface area contributed by atoms with Crippen LogP contribution in [-0.2, 0) is 4.74 Å². The van der Waals surface area contributed by atoms with E-state index in [4.69, 9.17) is 4.74 Å². The average molecular weight is 296 g/mol. The first kappa shape index (κ1) is 17.3. The lowest BCUT2D eigenvalue weighted by Gasteiger charge is -2.42. The minimum Gasteiger partial charge on any atom is -0.393 e. The van der Waals surface area contributed by atoms with E-state index in [0.717, 1.165) is 25.4 Å². The molecule has 2 rings (SSSR count). The van der Waals surface area contributed by atoms with Crippen molar-refractivity contribution in [2.75, 3.05) is 6.61 Å². The van der Waals surface area contributed by atoms with Gasteiger partial charge in [0.1, 0.15) is 0 Å². The van der Waals surface area contributed by atoms with Gasteiger partial charge < -0.3 is 9.84 Å². The number of ether oxygens (including phenoxy) is 1. The smallest absolute Gasteiger partial charge is 0.0606 e. The summed E-state index contributed by atoms with van der Waals surface area (Å²) in [7, 11) is 0. The number of aliphatic hydroxyl groups excluding tert-OH is 1. The fourth-order valence-corrected chi connectivity index (χ4v) is 4.35. The highest BCUT2D eigenvalue weighted by Crippen LogP contribution is 2.41. The van der Waals surface area contributed by atoms with Crippen LogP contribution in [0.4, 0.5) is 0 Å². The summed E-state index contributed by atoms with van der Waals surface area (Å²) in [6, 6.07) is 0. The van der Waals surface area contributed by atoms with Crippen LogP contribution in [0.5, 0.6) is 0 Å². The van der Waals surface area contributed by atoms with Gasteiger partial charge in [-0.2, -0.15) is 0 Å². The van der Waals surface area contributed by atoms with Gasteiger partial charge in [0, 0.05) is 6.61 Å². The standard InChI is InChI=1S/C19H36O2/c1-2-3-4-5-6-7-8-14-21-19-11-9-10-16-12-13-17(20)15-18(16)19/h16-20H,2-15H2,1H3. The maximum absolute atomic E-state index is 9.92. The van der Waals surface area contributed by atoms with Crippen molar-refractivity contribution in [1.29, 1.82) is 0 Å². The molecule has 0 heterocycles. The van der Waals surface area contributed by atoms with E-state index in [1.54, 1.807) is 0 Å². The molecule has 2 fully saturated rings. The maximum Gasteiger partial charge on any atom is 0.0606 e. The van der Waals surface area contributed by atoms with Crippen LogP contribution < -0.4 is 0 Å². The van der Waals surface area contributed by atoms with Crippen molar-refractivity contribution in [3.63, 3.8) is 0 Å². The summed E-state index contributed by atoms with van der Waals surface area (Å²) >= 11 is 0. The summed E-state index contributed by atoms with van der Waals surface area (Å²) in [5, 5.41) is 9.92. The second kappa shape index (κ2) is 9.84. The summed E-state index contributed by atoms with van der Waals surface area (Å²) in [4.78, 5) is 0. The van der Waals surface area contributed by atoms with Crippen LogP contribution in [0.25, 0.3) is 0 Å². The van der Waals surface area contributed by atoms with Gasteiger partial charge >= 0.3 is 0 Å². The Labute approximate surface area is 131 Å². The van der Waals surface area contributed by atoms with Gasteiger partial charge in [-0.1, -0.05) is 51.9 Å². The van der Waals surface area contributed by atoms with Crippen LogP contribution in [0.2, 0.25) is 0 Å². The van der Waals surface area contributed by atoms with Gasteiger partial charge in [0.25, 0.3) is 0 Å². The van der Waals surface area contributed by atoms with Crippen molar-refractivity contribution in [3.05, 3.63) is 0 Å². The zero-order valence-electron chi connectivity index (χ0n) is 14.1. The Balaban J connectivity index is 1.56. The predicted octanol–water partition coefficient (Wildman–Crippen LogP) is 5.08. The topological polar surface area (TPSA) is 29.5 Å². The molecule has 2 saturated carbocycles. The fourth-order valence-electron chi connectivity index (χ4n) is 4.35. The minimum absolute atomic E-state index is 0.0611. The molecule has 124 valence electrons. The Hall–Kier alpha value is -0.0800. The predicted molar refractivity (Wildman–Crippen MR) is 88.4 cm³/mol.